The second-order valence-electron chi connectivity index (χ2n) is 7.20. The predicted octanol–water partition coefficient (Wildman–Crippen LogP) is 3.76. The van der Waals surface area contributed by atoms with Gasteiger partial charge in [-0.15, -0.1) is 0 Å². The first-order valence-corrected chi connectivity index (χ1v) is 9.79. The lowest BCUT2D eigenvalue weighted by Crippen LogP contribution is -2.56. The lowest BCUT2D eigenvalue weighted by Gasteiger charge is -2.43. The summed E-state index contributed by atoms with van der Waals surface area (Å²) in [7, 11) is 0. The van der Waals surface area contributed by atoms with E-state index in [1.54, 1.807) is 12.1 Å². The Balaban J connectivity index is 1.43. The zero-order valence-corrected chi connectivity index (χ0v) is 16.1. The number of carbonyl (C=O) groups excluding carboxylic acids is 1. The van der Waals surface area contributed by atoms with Crippen LogP contribution in [0.25, 0.3) is 0 Å². The average Bonchev–Trinajstić information content (AvgIpc) is 2.62. The minimum Gasteiger partial charge on any atom is -0.437 e. The van der Waals surface area contributed by atoms with Gasteiger partial charge >= 0.3 is 0 Å². The van der Waals surface area contributed by atoms with Gasteiger partial charge in [0, 0.05) is 37.7 Å². The average molecular weight is 387 g/mol. The van der Waals surface area contributed by atoms with Gasteiger partial charge in [-0.05, 0) is 31.9 Å². The van der Waals surface area contributed by atoms with Gasteiger partial charge in [-0.2, -0.15) is 0 Å². The number of piperazine rings is 1. The monoisotopic (exact) mass is 386 g/mol. The molecule has 6 nitrogen and oxygen atoms in total. The van der Waals surface area contributed by atoms with Crippen LogP contribution in [0.2, 0.25) is 5.02 Å². The van der Waals surface area contributed by atoms with E-state index in [2.05, 4.69) is 21.8 Å². The highest BCUT2D eigenvalue weighted by atomic mass is 35.5. The van der Waals surface area contributed by atoms with Crippen LogP contribution < -0.4 is 9.64 Å². The number of hydrogen-bond donors (Lipinski definition) is 0. The van der Waals surface area contributed by atoms with E-state index < -0.39 is 0 Å². The Bertz CT molecular complexity index is 827. The molecule has 0 bridgehead atoms. The van der Waals surface area contributed by atoms with Crippen LogP contribution in [-0.4, -0.2) is 46.5 Å². The van der Waals surface area contributed by atoms with Gasteiger partial charge in [0.2, 0.25) is 11.8 Å². The maximum atomic E-state index is 12.6. The van der Waals surface area contributed by atoms with Crippen molar-refractivity contribution in [3.63, 3.8) is 0 Å². The summed E-state index contributed by atoms with van der Waals surface area (Å²) in [5.41, 5.74) is 0. The molecule has 0 radical (unpaired) electrons. The van der Waals surface area contributed by atoms with Crippen LogP contribution in [0.3, 0.4) is 0 Å². The largest absolute Gasteiger partial charge is 0.437 e. The van der Waals surface area contributed by atoms with Crippen molar-refractivity contribution in [2.75, 3.05) is 24.5 Å². The molecule has 1 aliphatic carbocycles. The number of halogens is 1. The summed E-state index contributed by atoms with van der Waals surface area (Å²) in [6.45, 7) is 4.33. The Hall–Kier alpha value is -2.34. The van der Waals surface area contributed by atoms with Gasteiger partial charge in [0.05, 0.1) is 5.02 Å². The van der Waals surface area contributed by atoms with Crippen molar-refractivity contribution < 1.29 is 9.53 Å². The quantitative estimate of drug-likeness (QED) is 0.800. The molecule has 1 aromatic heterocycles. The Morgan fingerprint density at radius 3 is 2.74 bits per heavy atom. The molecule has 1 saturated carbocycles. The molecule has 0 unspecified atom stereocenters. The van der Waals surface area contributed by atoms with E-state index in [0.29, 0.717) is 22.6 Å². The summed E-state index contributed by atoms with van der Waals surface area (Å²) in [6.07, 6.45) is 4.76. The maximum absolute atomic E-state index is 12.6. The van der Waals surface area contributed by atoms with Crippen LogP contribution in [-0.2, 0) is 4.79 Å². The predicted molar refractivity (Wildman–Crippen MR) is 104 cm³/mol. The van der Waals surface area contributed by atoms with Gasteiger partial charge in [-0.1, -0.05) is 30.2 Å². The Kier molecular flexibility index (Phi) is 5.16. The highest BCUT2D eigenvalue weighted by molar-refractivity contribution is 6.32. The molecule has 1 atom stereocenters. The van der Waals surface area contributed by atoms with Crippen LogP contribution in [0.5, 0.6) is 11.6 Å². The van der Waals surface area contributed by atoms with Crippen molar-refractivity contribution in [1.82, 2.24) is 14.9 Å². The Labute approximate surface area is 164 Å². The third-order valence-corrected chi connectivity index (χ3v) is 5.68. The van der Waals surface area contributed by atoms with Crippen molar-refractivity contribution in [3.05, 3.63) is 41.7 Å². The van der Waals surface area contributed by atoms with Crippen molar-refractivity contribution >= 4 is 23.3 Å². The summed E-state index contributed by atoms with van der Waals surface area (Å²) in [4.78, 5) is 25.4. The molecule has 0 spiro atoms. The number of amides is 1. The maximum Gasteiger partial charge on any atom is 0.226 e. The SMILES string of the molecule is C[C@@H]1CN(c2cc(Oc3ccccc3Cl)ncn2)CCN1C(=O)C1CCC1. The van der Waals surface area contributed by atoms with E-state index in [4.69, 9.17) is 16.3 Å². The first-order chi connectivity index (χ1) is 13.1. The minimum absolute atomic E-state index is 0.162. The van der Waals surface area contributed by atoms with E-state index in [-0.39, 0.29) is 12.0 Å². The molecule has 2 fully saturated rings. The van der Waals surface area contributed by atoms with E-state index in [9.17, 15) is 4.79 Å². The van der Waals surface area contributed by atoms with Crippen molar-refractivity contribution in [2.45, 2.75) is 32.2 Å². The lowest BCUT2D eigenvalue weighted by molar-refractivity contribution is -0.140. The molecule has 4 rings (SSSR count). The topological polar surface area (TPSA) is 58.6 Å². The smallest absolute Gasteiger partial charge is 0.226 e. The van der Waals surface area contributed by atoms with Gasteiger partial charge < -0.3 is 14.5 Å². The number of benzene rings is 1. The zero-order valence-electron chi connectivity index (χ0n) is 15.3. The molecule has 0 N–H and O–H groups in total. The van der Waals surface area contributed by atoms with Gasteiger partial charge in [0.25, 0.3) is 0 Å². The highest BCUT2D eigenvalue weighted by Gasteiger charge is 2.34. The number of carbonyl (C=O) groups is 1. The molecule has 1 aliphatic heterocycles. The number of anilines is 1. The number of para-hydroxylation sites is 1. The number of aromatic nitrogens is 2. The molecule has 142 valence electrons. The highest BCUT2D eigenvalue weighted by Crippen LogP contribution is 2.31. The number of ether oxygens (including phenoxy) is 1. The summed E-state index contributed by atoms with van der Waals surface area (Å²) in [5.74, 6) is 2.38. The van der Waals surface area contributed by atoms with Gasteiger partial charge in [0.15, 0.2) is 0 Å². The third kappa shape index (κ3) is 3.86. The standard InChI is InChI=1S/C20H23ClN4O2/c1-14-12-24(9-10-25(14)20(26)15-5-4-6-15)18-11-19(23-13-22-18)27-17-8-3-2-7-16(17)21/h2-3,7-8,11,13-15H,4-6,9-10,12H2,1H3/t14-/m1/s1. The zero-order chi connectivity index (χ0) is 18.8. The summed E-state index contributed by atoms with van der Waals surface area (Å²) in [5, 5.41) is 0.536. The molecular weight excluding hydrogens is 364 g/mol. The number of rotatable bonds is 4. The van der Waals surface area contributed by atoms with Crippen molar-refractivity contribution in [1.29, 1.82) is 0 Å². The van der Waals surface area contributed by atoms with Crippen LogP contribution in [0.1, 0.15) is 26.2 Å². The number of nitrogens with zero attached hydrogens (tertiary/aromatic N) is 4. The first kappa shape index (κ1) is 18.0. The van der Waals surface area contributed by atoms with Gasteiger partial charge in [-0.25, -0.2) is 9.97 Å². The van der Waals surface area contributed by atoms with Crippen molar-refractivity contribution in [2.24, 2.45) is 5.92 Å². The Morgan fingerprint density at radius 2 is 2.04 bits per heavy atom. The number of hydrogen-bond acceptors (Lipinski definition) is 5. The van der Waals surface area contributed by atoms with Crippen LogP contribution >= 0.6 is 11.6 Å². The van der Waals surface area contributed by atoms with Gasteiger partial charge in [0.1, 0.15) is 17.9 Å². The first-order valence-electron chi connectivity index (χ1n) is 9.41. The third-order valence-electron chi connectivity index (χ3n) is 5.37. The molecule has 2 aromatic rings. The lowest BCUT2D eigenvalue weighted by atomic mass is 9.84. The fourth-order valence-corrected chi connectivity index (χ4v) is 3.76. The van der Waals surface area contributed by atoms with Crippen LogP contribution in [0, 0.1) is 5.92 Å². The normalized spacial score (nSPS) is 20.3. The summed E-state index contributed by atoms with van der Waals surface area (Å²) in [6, 6.07) is 9.28. The second kappa shape index (κ2) is 7.72. The molecule has 1 saturated heterocycles. The molecule has 2 heterocycles. The fraction of sp³-hybridized carbons (Fsp3) is 0.450. The van der Waals surface area contributed by atoms with Crippen molar-refractivity contribution in [3.8, 4) is 11.6 Å². The molecule has 27 heavy (non-hydrogen) atoms. The molecular formula is C20H23ClN4O2. The summed E-state index contributed by atoms with van der Waals surface area (Å²) >= 11 is 6.15. The van der Waals surface area contributed by atoms with Crippen LogP contribution in [0.15, 0.2) is 36.7 Å². The van der Waals surface area contributed by atoms with E-state index in [1.807, 2.05) is 23.1 Å². The molecule has 7 heteroatoms. The van der Waals surface area contributed by atoms with Gasteiger partial charge in [-0.3, -0.25) is 4.79 Å². The second-order valence-corrected chi connectivity index (χ2v) is 7.61. The molecule has 2 aliphatic rings. The fourth-order valence-electron chi connectivity index (χ4n) is 3.58. The Morgan fingerprint density at radius 1 is 1.22 bits per heavy atom. The summed E-state index contributed by atoms with van der Waals surface area (Å²) < 4.78 is 5.81. The van der Waals surface area contributed by atoms with E-state index in [1.165, 1.54) is 12.7 Å². The minimum atomic E-state index is 0.162. The molecule has 1 aromatic carbocycles. The van der Waals surface area contributed by atoms with E-state index in [0.717, 1.165) is 38.3 Å². The van der Waals surface area contributed by atoms with E-state index >= 15 is 0 Å². The molecule has 1 amide bonds. The van der Waals surface area contributed by atoms with Crippen LogP contribution in [0.4, 0.5) is 5.82 Å².